The standard InChI is InChI=1S/5CH4O.V/c5*1-2;/h5*2H,1H3;. The van der Waals surface area contributed by atoms with Crippen molar-refractivity contribution >= 4 is 0 Å². The van der Waals surface area contributed by atoms with Crippen LogP contribution in [0.3, 0.4) is 0 Å². The topological polar surface area (TPSA) is 101 Å². The Hall–Kier alpha value is 0.384. The van der Waals surface area contributed by atoms with Crippen LogP contribution in [-0.4, -0.2) is 61.1 Å². The molecule has 0 aromatic carbocycles. The Bertz CT molecular complexity index is 14.8. The Morgan fingerprint density at radius 1 is 0.364 bits per heavy atom. The summed E-state index contributed by atoms with van der Waals surface area (Å²) in [4.78, 5) is 0. The van der Waals surface area contributed by atoms with Gasteiger partial charge in [0.25, 0.3) is 0 Å². The van der Waals surface area contributed by atoms with Crippen LogP contribution in [0.2, 0.25) is 0 Å². The minimum atomic E-state index is 0. The molecular formula is C5H20O5V. The molecule has 0 saturated heterocycles. The summed E-state index contributed by atoms with van der Waals surface area (Å²) in [5, 5.41) is 35.0. The molecule has 0 saturated carbocycles. The molecule has 0 fully saturated rings. The van der Waals surface area contributed by atoms with Crippen molar-refractivity contribution in [3.8, 4) is 0 Å². The van der Waals surface area contributed by atoms with E-state index >= 15 is 0 Å². The van der Waals surface area contributed by atoms with E-state index in [9.17, 15) is 0 Å². The van der Waals surface area contributed by atoms with Crippen LogP contribution < -0.4 is 0 Å². The molecule has 0 aromatic rings. The number of aliphatic hydroxyl groups is 5. The van der Waals surface area contributed by atoms with Gasteiger partial charge in [0.2, 0.25) is 0 Å². The molecule has 75 valence electrons. The molecule has 0 unspecified atom stereocenters. The zero-order valence-corrected chi connectivity index (χ0v) is 9.08. The maximum atomic E-state index is 7.00. The van der Waals surface area contributed by atoms with E-state index in [2.05, 4.69) is 0 Å². The molecule has 0 rings (SSSR count). The van der Waals surface area contributed by atoms with Gasteiger partial charge < -0.3 is 25.5 Å². The Morgan fingerprint density at radius 3 is 0.364 bits per heavy atom. The van der Waals surface area contributed by atoms with Crippen LogP contribution in [-0.2, 0) is 18.6 Å². The third-order valence-corrected chi connectivity index (χ3v) is 0. The number of hydrogen-bond acceptors (Lipinski definition) is 5. The third-order valence-electron chi connectivity index (χ3n) is 0. The van der Waals surface area contributed by atoms with Crippen LogP contribution >= 0.6 is 0 Å². The van der Waals surface area contributed by atoms with Crippen LogP contribution in [0.15, 0.2) is 0 Å². The van der Waals surface area contributed by atoms with Crippen molar-refractivity contribution in [2.24, 2.45) is 0 Å². The number of hydrogen-bond donors (Lipinski definition) is 5. The fraction of sp³-hybridized carbons (Fsp3) is 1.00. The van der Waals surface area contributed by atoms with Crippen molar-refractivity contribution in [3.05, 3.63) is 0 Å². The van der Waals surface area contributed by atoms with E-state index in [0.717, 1.165) is 35.5 Å². The molecule has 5 nitrogen and oxygen atoms in total. The van der Waals surface area contributed by atoms with Crippen molar-refractivity contribution in [2.45, 2.75) is 0 Å². The molecule has 0 aliphatic rings. The van der Waals surface area contributed by atoms with Gasteiger partial charge >= 0.3 is 0 Å². The first-order valence-electron chi connectivity index (χ1n) is 2.24. The molecule has 1 radical (unpaired) electrons. The van der Waals surface area contributed by atoms with E-state index in [4.69, 9.17) is 25.5 Å². The van der Waals surface area contributed by atoms with E-state index < -0.39 is 0 Å². The van der Waals surface area contributed by atoms with Crippen LogP contribution in [0.5, 0.6) is 0 Å². The molecule has 11 heavy (non-hydrogen) atoms. The first kappa shape index (κ1) is 42.3. The van der Waals surface area contributed by atoms with Gasteiger partial charge in [-0.3, -0.25) is 0 Å². The van der Waals surface area contributed by atoms with Crippen LogP contribution in [0.1, 0.15) is 0 Å². The summed E-state index contributed by atoms with van der Waals surface area (Å²) < 4.78 is 0. The van der Waals surface area contributed by atoms with Gasteiger partial charge in [0, 0.05) is 54.1 Å². The third kappa shape index (κ3) is 4940. The molecule has 0 spiro atoms. The molecule has 0 atom stereocenters. The summed E-state index contributed by atoms with van der Waals surface area (Å²) in [7, 11) is 5.00. The molecule has 0 aliphatic carbocycles. The molecule has 0 amide bonds. The van der Waals surface area contributed by atoms with Crippen molar-refractivity contribution < 1.29 is 44.1 Å². The fourth-order valence-corrected chi connectivity index (χ4v) is 0. The Balaban J connectivity index is -0.00000000694. The van der Waals surface area contributed by atoms with Gasteiger partial charge in [-0.1, -0.05) is 0 Å². The second kappa shape index (κ2) is 6190. The summed E-state index contributed by atoms with van der Waals surface area (Å²) >= 11 is 0. The number of rotatable bonds is 0. The summed E-state index contributed by atoms with van der Waals surface area (Å²) in [5.74, 6) is 0. The SMILES string of the molecule is CO.CO.CO.CO.CO.[V]. The Morgan fingerprint density at radius 2 is 0.364 bits per heavy atom. The first-order chi connectivity index (χ1) is 5.00. The zero-order chi connectivity index (χ0) is 10.0. The molecule has 0 aromatic heterocycles. The summed E-state index contributed by atoms with van der Waals surface area (Å²) in [6.07, 6.45) is 0. The maximum Gasteiger partial charge on any atom is 0.0319 e. The average molecular weight is 211 g/mol. The quantitative estimate of drug-likeness (QED) is 0.320. The molecule has 0 aliphatic heterocycles. The molecule has 6 heteroatoms. The van der Waals surface area contributed by atoms with Gasteiger partial charge in [-0.15, -0.1) is 0 Å². The predicted octanol–water partition coefficient (Wildman–Crippen LogP) is -1.96. The summed E-state index contributed by atoms with van der Waals surface area (Å²) in [6, 6.07) is 0. The summed E-state index contributed by atoms with van der Waals surface area (Å²) in [6.45, 7) is 0. The average Bonchev–Trinajstić information content (AvgIpc) is 2.20. The maximum absolute atomic E-state index is 7.00. The second-order valence-electron chi connectivity index (χ2n) is 0. The molecule has 5 N–H and O–H groups in total. The van der Waals surface area contributed by atoms with E-state index in [1.54, 1.807) is 0 Å². The van der Waals surface area contributed by atoms with Gasteiger partial charge in [0.1, 0.15) is 0 Å². The van der Waals surface area contributed by atoms with Gasteiger partial charge in [0.05, 0.1) is 0 Å². The molecule has 0 bridgehead atoms. The first-order valence-corrected chi connectivity index (χ1v) is 2.24. The van der Waals surface area contributed by atoms with Crippen LogP contribution in [0.25, 0.3) is 0 Å². The molecular weight excluding hydrogens is 191 g/mol. The van der Waals surface area contributed by atoms with E-state index in [-0.39, 0.29) is 18.6 Å². The predicted molar refractivity (Wildman–Crippen MR) is 40.7 cm³/mol. The Kier molecular flexibility index (Phi) is 23800. The monoisotopic (exact) mass is 211 g/mol. The van der Waals surface area contributed by atoms with Crippen molar-refractivity contribution in [1.82, 2.24) is 0 Å². The van der Waals surface area contributed by atoms with Crippen LogP contribution in [0, 0.1) is 0 Å². The van der Waals surface area contributed by atoms with Crippen molar-refractivity contribution in [3.63, 3.8) is 0 Å². The zero-order valence-electron chi connectivity index (χ0n) is 7.68. The largest absolute Gasteiger partial charge is 0.400 e. The van der Waals surface area contributed by atoms with E-state index in [1.165, 1.54) is 0 Å². The minimum absolute atomic E-state index is 0. The van der Waals surface area contributed by atoms with E-state index in [0.29, 0.717) is 0 Å². The number of aliphatic hydroxyl groups excluding tert-OH is 5. The normalized spacial score (nSPS) is 2.73. The van der Waals surface area contributed by atoms with Gasteiger partial charge in [-0.05, 0) is 0 Å². The Labute approximate surface area is 80.2 Å². The van der Waals surface area contributed by atoms with Crippen molar-refractivity contribution in [1.29, 1.82) is 0 Å². The van der Waals surface area contributed by atoms with E-state index in [1.807, 2.05) is 0 Å². The van der Waals surface area contributed by atoms with Gasteiger partial charge in [0.15, 0.2) is 0 Å². The summed E-state index contributed by atoms with van der Waals surface area (Å²) in [5.41, 5.74) is 0. The minimum Gasteiger partial charge on any atom is -0.400 e. The molecule has 0 heterocycles. The second-order valence-corrected chi connectivity index (χ2v) is 0. The van der Waals surface area contributed by atoms with Gasteiger partial charge in [-0.2, -0.15) is 0 Å². The fourth-order valence-electron chi connectivity index (χ4n) is 0. The van der Waals surface area contributed by atoms with Crippen molar-refractivity contribution in [2.75, 3.05) is 35.5 Å². The van der Waals surface area contributed by atoms with Gasteiger partial charge in [-0.25, -0.2) is 0 Å². The van der Waals surface area contributed by atoms with Crippen LogP contribution in [0.4, 0.5) is 0 Å². The smallest absolute Gasteiger partial charge is 0.0319 e.